The van der Waals surface area contributed by atoms with Crippen LogP contribution in [0, 0.1) is 16.0 Å². The molecule has 0 amide bonds. The van der Waals surface area contributed by atoms with Crippen LogP contribution in [0.3, 0.4) is 0 Å². The Kier molecular flexibility index (Phi) is 5.82. The van der Waals surface area contributed by atoms with Gasteiger partial charge < -0.3 is 10.2 Å². The molecule has 1 N–H and O–H groups in total. The maximum absolute atomic E-state index is 11.8. The number of nitrogens with zero attached hydrogens (tertiary/aromatic N) is 2. The molecule has 0 atom stereocenters. The fourth-order valence-electron chi connectivity index (χ4n) is 3.12. The number of para-hydroxylation sites is 1. The van der Waals surface area contributed by atoms with Crippen molar-refractivity contribution in [3.63, 3.8) is 0 Å². The molecule has 1 aliphatic heterocycles. The van der Waals surface area contributed by atoms with Crippen LogP contribution < -0.4 is 5.32 Å². The van der Waals surface area contributed by atoms with Gasteiger partial charge in [-0.05, 0) is 30.9 Å². The van der Waals surface area contributed by atoms with Crippen LogP contribution in [0.2, 0.25) is 0 Å². The third-order valence-electron chi connectivity index (χ3n) is 4.15. The molecule has 1 aliphatic rings. The highest BCUT2D eigenvalue weighted by Gasteiger charge is 2.28. The van der Waals surface area contributed by atoms with Gasteiger partial charge in [0.15, 0.2) is 9.84 Å². The van der Waals surface area contributed by atoms with Gasteiger partial charge in [0.05, 0.1) is 4.92 Å². The third-order valence-corrected chi connectivity index (χ3v) is 5.28. The number of sulfone groups is 1. The first-order valence-corrected chi connectivity index (χ1v) is 10.0. The number of hydrogen-bond donors (Lipinski definition) is 1. The minimum Gasteiger partial charge on any atom is -0.377 e. The van der Waals surface area contributed by atoms with Gasteiger partial charge in [0.1, 0.15) is 10.6 Å². The number of nitro benzene ring substituents is 1. The molecule has 2 rings (SSSR count). The maximum Gasteiger partial charge on any atom is 0.310 e. The highest BCUT2D eigenvalue weighted by molar-refractivity contribution is 7.90. The van der Waals surface area contributed by atoms with Crippen molar-refractivity contribution in [2.24, 2.45) is 5.92 Å². The summed E-state index contributed by atoms with van der Waals surface area (Å²) in [5, 5.41) is 14.6. The second-order valence-electron chi connectivity index (χ2n) is 6.79. The summed E-state index contributed by atoms with van der Waals surface area (Å²) in [5.41, 5.74) is -0.0742. The number of nitrogens with one attached hydrogen (secondary N) is 1. The van der Waals surface area contributed by atoms with E-state index in [2.05, 4.69) is 24.1 Å². The third kappa shape index (κ3) is 4.67. The number of piperidine rings is 1. The molecule has 1 aromatic rings. The summed E-state index contributed by atoms with van der Waals surface area (Å²) in [6.45, 7) is 7.30. The number of likely N-dealkylation sites (tertiary alicyclic amines) is 1. The molecule has 0 radical (unpaired) electrons. The van der Waals surface area contributed by atoms with Gasteiger partial charge in [0.25, 0.3) is 0 Å². The monoisotopic (exact) mass is 355 g/mol. The molecule has 0 unspecified atom stereocenters. The van der Waals surface area contributed by atoms with Gasteiger partial charge in [-0.3, -0.25) is 10.1 Å². The maximum atomic E-state index is 11.8. The lowest BCUT2D eigenvalue weighted by Crippen LogP contribution is -2.40. The average Bonchev–Trinajstić information content (AvgIpc) is 2.47. The van der Waals surface area contributed by atoms with Gasteiger partial charge >= 0.3 is 5.69 Å². The molecular formula is C16H25N3O4S. The number of hydrogen-bond acceptors (Lipinski definition) is 6. The summed E-state index contributed by atoms with van der Waals surface area (Å²) >= 11 is 0. The Hall–Kier alpha value is -1.67. The minimum atomic E-state index is -3.65. The van der Waals surface area contributed by atoms with Crippen LogP contribution in [0.25, 0.3) is 0 Å². The van der Waals surface area contributed by atoms with E-state index in [0.717, 1.165) is 38.7 Å². The first kappa shape index (κ1) is 18.7. The van der Waals surface area contributed by atoms with Crippen molar-refractivity contribution in [2.45, 2.75) is 37.6 Å². The average molecular weight is 355 g/mol. The summed E-state index contributed by atoms with van der Waals surface area (Å²) in [6.07, 6.45) is 2.75. The van der Waals surface area contributed by atoms with E-state index in [0.29, 0.717) is 5.92 Å². The zero-order chi connectivity index (χ0) is 17.9. The standard InChI is InChI=1S/C16H25N3O4S/c1-12(2)11-18-9-7-13(8-10-18)17-14-5-4-6-15(24(3,22)23)16(14)19(20)21/h4-6,12-13,17H,7-11H2,1-3H3. The predicted molar refractivity (Wildman–Crippen MR) is 94.1 cm³/mol. The Morgan fingerprint density at radius 3 is 2.46 bits per heavy atom. The Bertz CT molecular complexity index is 695. The Labute approximate surface area is 143 Å². The Balaban J connectivity index is 2.15. The molecule has 1 fully saturated rings. The van der Waals surface area contributed by atoms with Crippen molar-refractivity contribution < 1.29 is 13.3 Å². The van der Waals surface area contributed by atoms with E-state index >= 15 is 0 Å². The molecule has 0 spiro atoms. The van der Waals surface area contributed by atoms with Crippen LogP contribution in [0.4, 0.5) is 11.4 Å². The van der Waals surface area contributed by atoms with E-state index < -0.39 is 14.8 Å². The van der Waals surface area contributed by atoms with E-state index in [4.69, 9.17) is 0 Å². The number of nitro groups is 1. The van der Waals surface area contributed by atoms with Gasteiger partial charge in [0.2, 0.25) is 0 Å². The van der Waals surface area contributed by atoms with Gasteiger partial charge in [-0.15, -0.1) is 0 Å². The number of benzene rings is 1. The first-order valence-electron chi connectivity index (χ1n) is 8.15. The molecule has 0 aliphatic carbocycles. The summed E-state index contributed by atoms with van der Waals surface area (Å²) in [5.74, 6) is 0.613. The lowest BCUT2D eigenvalue weighted by atomic mass is 10.0. The van der Waals surface area contributed by atoms with Crippen LogP contribution >= 0.6 is 0 Å². The number of anilines is 1. The van der Waals surface area contributed by atoms with E-state index in [1.165, 1.54) is 6.07 Å². The van der Waals surface area contributed by atoms with Crippen LogP contribution in [0.5, 0.6) is 0 Å². The lowest BCUT2D eigenvalue weighted by Gasteiger charge is -2.33. The molecule has 7 nitrogen and oxygen atoms in total. The topological polar surface area (TPSA) is 92.6 Å². The van der Waals surface area contributed by atoms with Crippen LogP contribution in [-0.4, -0.2) is 50.2 Å². The van der Waals surface area contributed by atoms with Crippen molar-refractivity contribution >= 4 is 21.2 Å². The molecule has 1 saturated heterocycles. The quantitative estimate of drug-likeness (QED) is 0.623. The van der Waals surface area contributed by atoms with Gasteiger partial charge in [-0.1, -0.05) is 19.9 Å². The molecule has 0 bridgehead atoms. The smallest absolute Gasteiger partial charge is 0.310 e. The lowest BCUT2D eigenvalue weighted by molar-refractivity contribution is -0.386. The van der Waals surface area contributed by atoms with Gasteiger partial charge in [0, 0.05) is 31.9 Å². The first-order chi connectivity index (χ1) is 11.2. The highest BCUT2D eigenvalue weighted by Crippen LogP contribution is 2.33. The van der Waals surface area contributed by atoms with Crippen LogP contribution in [0.15, 0.2) is 23.1 Å². The molecular weight excluding hydrogens is 330 g/mol. The summed E-state index contributed by atoms with van der Waals surface area (Å²) in [6, 6.07) is 4.51. The van der Waals surface area contributed by atoms with Crippen LogP contribution in [0.1, 0.15) is 26.7 Å². The number of rotatable bonds is 6. The van der Waals surface area contributed by atoms with Gasteiger partial charge in [-0.25, -0.2) is 8.42 Å². The van der Waals surface area contributed by atoms with Crippen LogP contribution in [-0.2, 0) is 9.84 Å². The van der Waals surface area contributed by atoms with E-state index in [9.17, 15) is 18.5 Å². The Morgan fingerprint density at radius 1 is 1.33 bits per heavy atom. The molecule has 0 saturated carbocycles. The SMILES string of the molecule is CC(C)CN1CCC(Nc2cccc(S(C)(=O)=O)c2[N+](=O)[O-])CC1. The molecule has 1 aromatic carbocycles. The fourth-order valence-corrected chi connectivity index (χ4v) is 3.98. The zero-order valence-corrected chi connectivity index (χ0v) is 15.2. The normalized spacial score (nSPS) is 17.2. The van der Waals surface area contributed by atoms with Gasteiger partial charge in [-0.2, -0.15) is 0 Å². The molecule has 134 valence electrons. The largest absolute Gasteiger partial charge is 0.377 e. The van der Waals surface area contributed by atoms with Crippen molar-refractivity contribution in [3.05, 3.63) is 28.3 Å². The Morgan fingerprint density at radius 2 is 1.96 bits per heavy atom. The second kappa shape index (κ2) is 7.48. The summed E-state index contributed by atoms with van der Waals surface area (Å²) < 4.78 is 23.6. The molecule has 1 heterocycles. The minimum absolute atomic E-state index is 0.113. The second-order valence-corrected chi connectivity index (χ2v) is 8.78. The highest BCUT2D eigenvalue weighted by atomic mass is 32.2. The predicted octanol–water partition coefficient (Wildman–Crippen LogP) is 2.53. The zero-order valence-electron chi connectivity index (χ0n) is 14.4. The summed E-state index contributed by atoms with van der Waals surface area (Å²) in [7, 11) is -3.65. The summed E-state index contributed by atoms with van der Waals surface area (Å²) in [4.78, 5) is 12.9. The van der Waals surface area contributed by atoms with Crippen molar-refractivity contribution in [2.75, 3.05) is 31.2 Å². The molecule has 0 aromatic heterocycles. The van der Waals surface area contributed by atoms with Crippen molar-refractivity contribution in [1.82, 2.24) is 4.90 Å². The van der Waals surface area contributed by atoms with E-state index in [1.807, 2.05) is 0 Å². The van der Waals surface area contributed by atoms with E-state index in [1.54, 1.807) is 12.1 Å². The van der Waals surface area contributed by atoms with Crippen molar-refractivity contribution in [3.8, 4) is 0 Å². The molecule has 24 heavy (non-hydrogen) atoms. The molecule has 8 heteroatoms. The van der Waals surface area contributed by atoms with Crippen molar-refractivity contribution in [1.29, 1.82) is 0 Å². The van der Waals surface area contributed by atoms with E-state index in [-0.39, 0.29) is 22.3 Å². The fraction of sp³-hybridized carbons (Fsp3) is 0.625.